The predicted molar refractivity (Wildman–Crippen MR) is 84.8 cm³/mol. The van der Waals surface area contributed by atoms with E-state index in [1.54, 1.807) is 13.0 Å². The highest BCUT2D eigenvalue weighted by Crippen LogP contribution is 2.52. The summed E-state index contributed by atoms with van der Waals surface area (Å²) in [6.07, 6.45) is 7.15. The first-order valence-electron chi connectivity index (χ1n) is 8.44. The monoisotopic (exact) mass is 328 g/mol. The molecule has 6 heteroatoms. The summed E-state index contributed by atoms with van der Waals surface area (Å²) in [6.45, 7) is 2.57. The van der Waals surface area contributed by atoms with Crippen molar-refractivity contribution in [3.63, 3.8) is 0 Å². The zero-order valence-electron chi connectivity index (χ0n) is 13.5. The first kappa shape index (κ1) is 15.2. The number of hydrogen-bond acceptors (Lipinski definition) is 4. The number of carbonyl (C=O) groups excluding carboxylic acids is 3. The summed E-state index contributed by atoms with van der Waals surface area (Å²) in [7, 11) is 0. The lowest BCUT2D eigenvalue weighted by Crippen LogP contribution is -2.35. The fourth-order valence-corrected chi connectivity index (χ4v) is 4.31. The van der Waals surface area contributed by atoms with Crippen LogP contribution in [-0.4, -0.2) is 35.7 Å². The van der Waals surface area contributed by atoms with Crippen molar-refractivity contribution < 1.29 is 18.8 Å². The summed E-state index contributed by atoms with van der Waals surface area (Å²) >= 11 is 0. The minimum atomic E-state index is -0.268. The van der Waals surface area contributed by atoms with Gasteiger partial charge in [-0.25, -0.2) is 0 Å². The van der Waals surface area contributed by atoms with E-state index in [1.165, 1.54) is 11.2 Å². The predicted octanol–water partition coefficient (Wildman–Crippen LogP) is 1.52. The van der Waals surface area contributed by atoms with Crippen molar-refractivity contribution in [3.05, 3.63) is 35.8 Å². The van der Waals surface area contributed by atoms with Crippen LogP contribution < -0.4 is 5.32 Å². The van der Waals surface area contributed by atoms with Gasteiger partial charge in [-0.1, -0.05) is 12.2 Å². The molecular formula is C18H20N2O4. The van der Waals surface area contributed by atoms with Gasteiger partial charge in [0, 0.05) is 18.7 Å². The molecule has 2 bridgehead atoms. The van der Waals surface area contributed by atoms with Gasteiger partial charge in [0.25, 0.3) is 5.91 Å². The number of carbonyl (C=O) groups is 3. The van der Waals surface area contributed by atoms with E-state index in [4.69, 9.17) is 4.42 Å². The Morgan fingerprint density at radius 1 is 1.25 bits per heavy atom. The highest BCUT2D eigenvalue weighted by molar-refractivity contribution is 6.06. The molecule has 3 aliphatic rings. The minimum absolute atomic E-state index is 0.0324. The number of hydrogen-bond donors (Lipinski definition) is 1. The maximum atomic E-state index is 12.5. The molecule has 1 aromatic heterocycles. The Kier molecular flexibility index (Phi) is 3.55. The summed E-state index contributed by atoms with van der Waals surface area (Å²) in [5, 5.41) is 2.77. The minimum Gasteiger partial charge on any atom is -0.459 e. The largest absolute Gasteiger partial charge is 0.459 e. The Bertz CT molecular complexity index is 705. The van der Waals surface area contributed by atoms with E-state index in [1.807, 2.05) is 0 Å². The van der Waals surface area contributed by atoms with Crippen LogP contribution in [0.5, 0.6) is 0 Å². The zero-order valence-corrected chi connectivity index (χ0v) is 13.5. The summed E-state index contributed by atoms with van der Waals surface area (Å²) in [4.78, 5) is 38.4. The van der Waals surface area contributed by atoms with Crippen LogP contribution >= 0.6 is 0 Å². The van der Waals surface area contributed by atoms with Crippen LogP contribution in [0.4, 0.5) is 0 Å². The number of imide groups is 1. The number of amides is 3. The molecule has 1 aromatic rings. The second-order valence-corrected chi connectivity index (χ2v) is 6.87. The zero-order chi connectivity index (χ0) is 16.8. The molecule has 0 aromatic carbocycles. The van der Waals surface area contributed by atoms with E-state index in [0.717, 1.165) is 12.0 Å². The van der Waals surface area contributed by atoms with E-state index >= 15 is 0 Å². The first-order chi connectivity index (χ1) is 11.6. The van der Waals surface area contributed by atoms with Gasteiger partial charge in [0.05, 0.1) is 18.1 Å². The maximum absolute atomic E-state index is 12.5. The van der Waals surface area contributed by atoms with Gasteiger partial charge in [0.15, 0.2) is 5.76 Å². The van der Waals surface area contributed by atoms with Gasteiger partial charge in [0.2, 0.25) is 11.8 Å². The molecule has 2 fully saturated rings. The van der Waals surface area contributed by atoms with Crippen molar-refractivity contribution in [2.24, 2.45) is 23.7 Å². The highest BCUT2D eigenvalue weighted by atomic mass is 16.3. The smallest absolute Gasteiger partial charge is 0.287 e. The van der Waals surface area contributed by atoms with Gasteiger partial charge in [-0.3, -0.25) is 19.3 Å². The summed E-state index contributed by atoms with van der Waals surface area (Å²) in [5.41, 5.74) is 0.785. The van der Waals surface area contributed by atoms with E-state index in [-0.39, 0.29) is 41.4 Å². The summed E-state index contributed by atoms with van der Waals surface area (Å²) in [5.74, 6) is 0.160. The molecule has 1 N–H and O–H groups in total. The molecule has 2 aliphatic carbocycles. The highest BCUT2D eigenvalue weighted by Gasteiger charge is 2.58. The summed E-state index contributed by atoms with van der Waals surface area (Å²) in [6, 6.07) is 1.73. The lowest BCUT2D eigenvalue weighted by atomic mass is 9.85. The first-order valence-corrected chi connectivity index (χ1v) is 8.44. The normalized spacial score (nSPS) is 30.3. The summed E-state index contributed by atoms with van der Waals surface area (Å²) < 4.78 is 5.13. The van der Waals surface area contributed by atoms with Crippen molar-refractivity contribution >= 4 is 17.7 Å². The molecule has 4 unspecified atom stereocenters. The molecule has 126 valence electrons. The second-order valence-electron chi connectivity index (χ2n) is 6.87. The van der Waals surface area contributed by atoms with Gasteiger partial charge in [-0.2, -0.15) is 0 Å². The van der Waals surface area contributed by atoms with Crippen LogP contribution in [-0.2, 0) is 9.59 Å². The molecule has 0 radical (unpaired) electrons. The van der Waals surface area contributed by atoms with Gasteiger partial charge in [0.1, 0.15) is 0 Å². The van der Waals surface area contributed by atoms with Crippen LogP contribution in [0.2, 0.25) is 0 Å². The Morgan fingerprint density at radius 3 is 2.50 bits per heavy atom. The lowest BCUT2D eigenvalue weighted by Gasteiger charge is -2.17. The number of allylic oxidation sites excluding steroid dienone is 2. The van der Waals surface area contributed by atoms with Crippen molar-refractivity contribution in [1.82, 2.24) is 10.2 Å². The van der Waals surface area contributed by atoms with Crippen LogP contribution in [0, 0.1) is 30.6 Å². The topological polar surface area (TPSA) is 79.6 Å². The van der Waals surface area contributed by atoms with Gasteiger partial charge in [-0.15, -0.1) is 0 Å². The molecule has 4 atom stereocenters. The molecule has 1 saturated carbocycles. The lowest BCUT2D eigenvalue weighted by molar-refractivity contribution is -0.140. The van der Waals surface area contributed by atoms with Gasteiger partial charge in [-0.05, 0) is 37.7 Å². The van der Waals surface area contributed by atoms with Crippen molar-refractivity contribution in [1.29, 1.82) is 0 Å². The van der Waals surface area contributed by atoms with Crippen molar-refractivity contribution in [2.75, 3.05) is 13.1 Å². The van der Waals surface area contributed by atoms with Crippen LogP contribution in [0.25, 0.3) is 0 Å². The average molecular weight is 328 g/mol. The van der Waals surface area contributed by atoms with E-state index in [0.29, 0.717) is 25.3 Å². The van der Waals surface area contributed by atoms with Crippen LogP contribution in [0.15, 0.2) is 28.9 Å². The molecule has 4 rings (SSSR count). The molecule has 2 heterocycles. The number of nitrogens with one attached hydrogen (secondary N) is 1. The quantitative estimate of drug-likeness (QED) is 0.505. The number of aryl methyl sites for hydroxylation is 1. The fourth-order valence-electron chi connectivity index (χ4n) is 4.31. The molecule has 6 nitrogen and oxygen atoms in total. The van der Waals surface area contributed by atoms with Gasteiger partial charge >= 0.3 is 0 Å². The Hall–Kier alpha value is -2.37. The Balaban J connectivity index is 1.30. The van der Waals surface area contributed by atoms with E-state index in [2.05, 4.69) is 17.5 Å². The van der Waals surface area contributed by atoms with Gasteiger partial charge < -0.3 is 9.73 Å². The third kappa shape index (κ3) is 2.20. The Morgan fingerprint density at radius 2 is 1.92 bits per heavy atom. The van der Waals surface area contributed by atoms with Crippen LogP contribution in [0.1, 0.15) is 29.0 Å². The number of nitrogens with zero attached hydrogens (tertiary/aromatic N) is 1. The third-order valence-electron chi connectivity index (χ3n) is 5.47. The average Bonchev–Trinajstić information content (AvgIpc) is 3.31. The van der Waals surface area contributed by atoms with Crippen molar-refractivity contribution in [2.45, 2.75) is 19.8 Å². The number of rotatable bonds is 5. The number of likely N-dealkylation sites (tertiary alicyclic amines) is 1. The SMILES string of the molecule is Cc1ccoc1C(=O)NCCCN1C(=O)C2C3C=CC(C3)C2C1=O. The molecule has 1 aliphatic heterocycles. The fraction of sp³-hybridized carbons (Fsp3) is 0.500. The second kappa shape index (κ2) is 5.61. The molecule has 1 saturated heterocycles. The molecule has 24 heavy (non-hydrogen) atoms. The van der Waals surface area contributed by atoms with Crippen LogP contribution in [0.3, 0.4) is 0 Å². The number of fused-ring (bicyclic) bond motifs is 5. The Labute approximate surface area is 139 Å². The molecule has 3 amide bonds. The van der Waals surface area contributed by atoms with Crippen molar-refractivity contribution in [3.8, 4) is 0 Å². The maximum Gasteiger partial charge on any atom is 0.287 e. The molecule has 0 spiro atoms. The van der Waals surface area contributed by atoms with E-state index in [9.17, 15) is 14.4 Å². The third-order valence-corrected chi connectivity index (χ3v) is 5.47. The standard InChI is InChI=1S/C18H20N2O4/c1-10-5-8-24-15(10)16(21)19-6-2-7-20-17(22)13-11-3-4-12(9-11)14(13)18(20)23/h3-5,8,11-14H,2,6-7,9H2,1H3,(H,19,21). The number of furan rings is 1. The molecular weight excluding hydrogens is 308 g/mol. The van der Waals surface area contributed by atoms with E-state index < -0.39 is 0 Å².